The fraction of sp³-hybridized carbons (Fsp3) is 0.538. The second kappa shape index (κ2) is 7.95. The zero-order chi connectivity index (χ0) is 16.0. The lowest BCUT2D eigenvalue weighted by Crippen LogP contribution is -2.34. The van der Waals surface area contributed by atoms with E-state index in [1.165, 1.54) is 7.11 Å². The van der Waals surface area contributed by atoms with Gasteiger partial charge in [0.2, 0.25) is 0 Å². The van der Waals surface area contributed by atoms with Crippen LogP contribution in [0.3, 0.4) is 0 Å². The normalized spacial score (nSPS) is 13.5. The minimum Gasteiger partial charge on any atom is -0.496 e. The van der Waals surface area contributed by atoms with Crippen molar-refractivity contribution in [1.29, 1.82) is 0 Å². The van der Waals surface area contributed by atoms with Gasteiger partial charge in [0.25, 0.3) is 0 Å². The highest BCUT2D eigenvalue weighted by Gasteiger charge is 2.41. The van der Waals surface area contributed by atoms with Gasteiger partial charge in [0.15, 0.2) is 0 Å². The van der Waals surface area contributed by atoms with Crippen molar-refractivity contribution in [3.05, 3.63) is 28.2 Å². The quantitative estimate of drug-likeness (QED) is 0.709. The van der Waals surface area contributed by atoms with Crippen molar-refractivity contribution in [3.63, 3.8) is 0 Å². The summed E-state index contributed by atoms with van der Waals surface area (Å²) < 4.78 is 59.1. The van der Waals surface area contributed by atoms with Gasteiger partial charge in [-0.1, -0.05) is 6.07 Å². The molecule has 21 heavy (non-hydrogen) atoms. The van der Waals surface area contributed by atoms with E-state index < -0.39 is 31.7 Å². The summed E-state index contributed by atoms with van der Waals surface area (Å²) >= 11 is 3.27. The van der Waals surface area contributed by atoms with E-state index in [0.717, 1.165) is 5.56 Å². The third kappa shape index (κ3) is 5.80. The molecule has 0 bridgehead atoms. The second-order valence-electron chi connectivity index (χ2n) is 4.40. The van der Waals surface area contributed by atoms with E-state index >= 15 is 0 Å². The monoisotopic (exact) mass is 374 g/mol. The number of benzene rings is 1. The van der Waals surface area contributed by atoms with Gasteiger partial charge in [-0.25, -0.2) is 8.78 Å². The fourth-order valence-electron chi connectivity index (χ4n) is 1.56. The summed E-state index contributed by atoms with van der Waals surface area (Å²) in [6.07, 6.45) is -4.71. The van der Waals surface area contributed by atoms with Crippen molar-refractivity contribution in [1.82, 2.24) is 0 Å². The molecule has 0 amide bonds. The van der Waals surface area contributed by atoms with Gasteiger partial charge in [-0.3, -0.25) is 0 Å². The number of methoxy groups -OCH3 is 1. The van der Waals surface area contributed by atoms with Gasteiger partial charge in [-0.05, 0) is 33.6 Å². The SMILES string of the molecule is COc1ccc(CC(O)COCC(F)(F)C(F)F)cc1Br. The van der Waals surface area contributed by atoms with Crippen LogP contribution in [-0.4, -0.2) is 43.9 Å². The Labute approximate surface area is 128 Å². The Kier molecular flexibility index (Phi) is 6.89. The Morgan fingerprint density at radius 1 is 1.33 bits per heavy atom. The third-order valence-electron chi connectivity index (χ3n) is 2.61. The molecule has 0 saturated heterocycles. The molecule has 120 valence electrons. The van der Waals surface area contributed by atoms with Crippen molar-refractivity contribution in [2.75, 3.05) is 20.3 Å². The van der Waals surface area contributed by atoms with Gasteiger partial charge in [0.1, 0.15) is 12.4 Å². The largest absolute Gasteiger partial charge is 0.496 e. The number of alkyl halides is 4. The molecule has 0 aliphatic carbocycles. The molecule has 0 aromatic heterocycles. The molecule has 0 saturated carbocycles. The van der Waals surface area contributed by atoms with Crippen LogP contribution in [0.15, 0.2) is 22.7 Å². The summed E-state index contributed by atoms with van der Waals surface area (Å²) in [5.41, 5.74) is 0.722. The number of hydrogen-bond donors (Lipinski definition) is 1. The molecule has 1 rings (SSSR count). The Hall–Kier alpha value is -0.860. The van der Waals surface area contributed by atoms with Gasteiger partial charge in [-0.2, -0.15) is 8.78 Å². The molecular formula is C13H15BrF4O3. The number of aliphatic hydroxyl groups is 1. The lowest BCUT2D eigenvalue weighted by molar-refractivity contribution is -0.170. The molecule has 3 nitrogen and oxygen atoms in total. The second-order valence-corrected chi connectivity index (χ2v) is 5.26. The standard InChI is InChI=1S/C13H15BrF4O3/c1-20-11-3-2-8(5-10(11)14)4-9(19)6-21-7-13(17,18)12(15)16/h2-3,5,9,12,19H,4,6-7H2,1H3. The van der Waals surface area contributed by atoms with Gasteiger partial charge in [0.05, 0.1) is 24.3 Å². The molecule has 1 aromatic rings. The molecular weight excluding hydrogens is 360 g/mol. The molecule has 0 aliphatic heterocycles. The molecule has 8 heteroatoms. The van der Waals surface area contributed by atoms with Crippen LogP contribution in [-0.2, 0) is 11.2 Å². The molecule has 0 heterocycles. The summed E-state index contributed by atoms with van der Waals surface area (Å²) in [7, 11) is 1.51. The zero-order valence-electron chi connectivity index (χ0n) is 11.2. The van der Waals surface area contributed by atoms with Crippen molar-refractivity contribution in [3.8, 4) is 5.75 Å². The topological polar surface area (TPSA) is 38.7 Å². The van der Waals surface area contributed by atoms with Crippen LogP contribution in [0.25, 0.3) is 0 Å². The van der Waals surface area contributed by atoms with Crippen molar-refractivity contribution < 1.29 is 32.1 Å². The number of ether oxygens (including phenoxy) is 2. The Morgan fingerprint density at radius 3 is 2.52 bits per heavy atom. The first-order valence-corrected chi connectivity index (χ1v) is 6.79. The van der Waals surface area contributed by atoms with Crippen LogP contribution >= 0.6 is 15.9 Å². The van der Waals surface area contributed by atoms with E-state index in [-0.39, 0.29) is 6.42 Å². The van der Waals surface area contributed by atoms with E-state index in [0.29, 0.717) is 10.2 Å². The molecule has 0 spiro atoms. The first kappa shape index (κ1) is 18.2. The maximum Gasteiger partial charge on any atom is 0.330 e. The fourth-order valence-corrected chi connectivity index (χ4v) is 2.15. The van der Waals surface area contributed by atoms with Gasteiger partial charge in [0, 0.05) is 6.42 Å². The average molecular weight is 375 g/mol. The maximum absolute atomic E-state index is 12.6. The third-order valence-corrected chi connectivity index (χ3v) is 3.23. The first-order valence-electron chi connectivity index (χ1n) is 6.00. The summed E-state index contributed by atoms with van der Waals surface area (Å²) in [4.78, 5) is 0. The summed E-state index contributed by atoms with van der Waals surface area (Å²) in [6, 6.07) is 5.08. The number of halogens is 5. The van der Waals surface area contributed by atoms with E-state index in [1.54, 1.807) is 18.2 Å². The van der Waals surface area contributed by atoms with Gasteiger partial charge in [-0.15, -0.1) is 0 Å². The summed E-state index contributed by atoms with van der Waals surface area (Å²) in [5.74, 6) is -3.59. The number of hydrogen-bond acceptors (Lipinski definition) is 3. The number of aliphatic hydroxyl groups excluding tert-OH is 1. The minimum absolute atomic E-state index is 0.142. The van der Waals surface area contributed by atoms with Crippen LogP contribution in [0.1, 0.15) is 5.56 Å². The molecule has 1 N–H and O–H groups in total. The molecule has 0 fully saturated rings. The van der Waals surface area contributed by atoms with Crippen molar-refractivity contribution in [2.24, 2.45) is 0 Å². The molecule has 1 unspecified atom stereocenters. The first-order chi connectivity index (χ1) is 9.76. The molecule has 1 atom stereocenters. The zero-order valence-corrected chi connectivity index (χ0v) is 12.7. The molecule has 1 aromatic carbocycles. The maximum atomic E-state index is 12.6. The van der Waals surface area contributed by atoms with Crippen LogP contribution < -0.4 is 4.74 Å². The highest BCUT2D eigenvalue weighted by molar-refractivity contribution is 9.10. The van der Waals surface area contributed by atoms with Crippen molar-refractivity contribution in [2.45, 2.75) is 24.9 Å². The predicted molar refractivity (Wildman–Crippen MR) is 72.2 cm³/mol. The Balaban J connectivity index is 2.44. The average Bonchev–Trinajstić information content (AvgIpc) is 2.38. The van der Waals surface area contributed by atoms with E-state index in [2.05, 4.69) is 20.7 Å². The highest BCUT2D eigenvalue weighted by Crippen LogP contribution is 2.26. The van der Waals surface area contributed by atoms with E-state index in [4.69, 9.17) is 4.74 Å². The lowest BCUT2D eigenvalue weighted by atomic mass is 10.1. The lowest BCUT2D eigenvalue weighted by Gasteiger charge is -2.17. The van der Waals surface area contributed by atoms with Crippen LogP contribution in [0.2, 0.25) is 0 Å². The summed E-state index contributed by atoms with van der Waals surface area (Å²) in [6.45, 7) is -1.88. The van der Waals surface area contributed by atoms with E-state index in [9.17, 15) is 22.7 Å². The van der Waals surface area contributed by atoms with Crippen molar-refractivity contribution >= 4 is 15.9 Å². The Bertz CT molecular complexity index is 457. The van der Waals surface area contributed by atoms with Gasteiger partial charge >= 0.3 is 12.3 Å². The van der Waals surface area contributed by atoms with Crippen LogP contribution in [0.4, 0.5) is 17.6 Å². The van der Waals surface area contributed by atoms with Crippen LogP contribution in [0, 0.1) is 0 Å². The summed E-state index contributed by atoms with van der Waals surface area (Å²) in [5, 5.41) is 9.65. The highest BCUT2D eigenvalue weighted by atomic mass is 79.9. The van der Waals surface area contributed by atoms with Gasteiger partial charge < -0.3 is 14.6 Å². The number of rotatable bonds is 8. The Morgan fingerprint density at radius 2 is 2.00 bits per heavy atom. The minimum atomic E-state index is -4.21. The van der Waals surface area contributed by atoms with E-state index in [1.807, 2.05) is 0 Å². The van der Waals surface area contributed by atoms with Crippen LogP contribution in [0.5, 0.6) is 5.75 Å². The molecule has 0 radical (unpaired) electrons. The predicted octanol–water partition coefficient (Wildman–Crippen LogP) is 3.28. The smallest absolute Gasteiger partial charge is 0.330 e. The molecule has 0 aliphatic rings.